The molecule has 0 spiro atoms. The number of aliphatic carboxylic acids is 1. The molecule has 0 unspecified atom stereocenters. The summed E-state index contributed by atoms with van der Waals surface area (Å²) >= 11 is 7.81. The van der Waals surface area contributed by atoms with Crippen molar-refractivity contribution in [3.63, 3.8) is 0 Å². The predicted octanol–water partition coefficient (Wildman–Crippen LogP) is 3.68. The number of ether oxygens (including phenoxy) is 1. The molecule has 146 valence electrons. The van der Waals surface area contributed by atoms with Gasteiger partial charge in [-0.2, -0.15) is 0 Å². The second-order valence-electron chi connectivity index (χ2n) is 6.37. The van der Waals surface area contributed by atoms with Gasteiger partial charge in [0.1, 0.15) is 0 Å². The van der Waals surface area contributed by atoms with Crippen LogP contribution in [-0.2, 0) is 9.53 Å². The normalized spacial score (nSPS) is 14.5. The lowest BCUT2D eigenvalue weighted by Crippen LogP contribution is -2.36. The number of halogens is 1. The second-order valence-corrected chi connectivity index (χ2v) is 7.86. The fourth-order valence-electron chi connectivity index (χ4n) is 3.05. The van der Waals surface area contributed by atoms with Gasteiger partial charge in [-0.1, -0.05) is 35.5 Å². The van der Waals surface area contributed by atoms with Crippen LogP contribution < -0.4 is 4.90 Å². The molecular formula is C19H19ClN4O3S. The molecule has 7 nitrogen and oxygen atoms in total. The number of carbonyl (C=O) groups is 1. The number of rotatable bonds is 6. The number of carboxylic acid groups (broad SMARTS) is 1. The number of anilines is 1. The summed E-state index contributed by atoms with van der Waals surface area (Å²) in [7, 11) is 0. The van der Waals surface area contributed by atoms with E-state index in [9.17, 15) is 4.79 Å². The van der Waals surface area contributed by atoms with Gasteiger partial charge in [0.15, 0.2) is 10.8 Å². The van der Waals surface area contributed by atoms with Gasteiger partial charge in [-0.15, -0.1) is 0 Å². The number of carboxylic acids is 1. The van der Waals surface area contributed by atoms with E-state index in [1.54, 1.807) is 0 Å². The quantitative estimate of drug-likeness (QED) is 0.590. The number of imidazole rings is 1. The van der Waals surface area contributed by atoms with Crippen LogP contribution in [0.15, 0.2) is 35.5 Å². The van der Waals surface area contributed by atoms with Crippen LogP contribution in [0.2, 0.25) is 5.02 Å². The largest absolute Gasteiger partial charge is 0.481 e. The third-order valence-electron chi connectivity index (χ3n) is 4.48. The summed E-state index contributed by atoms with van der Waals surface area (Å²) in [6.45, 7) is 3.27. The fraction of sp³-hybridized carbons (Fsp3) is 0.316. The van der Waals surface area contributed by atoms with Gasteiger partial charge < -0.3 is 19.7 Å². The Bertz CT molecular complexity index is 987. The maximum atomic E-state index is 10.6. The first-order valence-corrected chi connectivity index (χ1v) is 10.3. The average molecular weight is 419 g/mol. The topological polar surface area (TPSA) is 91.3 Å². The van der Waals surface area contributed by atoms with Crippen LogP contribution in [0.5, 0.6) is 0 Å². The summed E-state index contributed by atoms with van der Waals surface area (Å²) in [6, 6.07) is 9.98. The molecule has 3 aromatic rings. The summed E-state index contributed by atoms with van der Waals surface area (Å²) in [5.74, 6) is -0.383. The van der Waals surface area contributed by atoms with Crippen molar-refractivity contribution < 1.29 is 14.6 Å². The molecular weight excluding hydrogens is 400 g/mol. The monoisotopic (exact) mass is 418 g/mol. The van der Waals surface area contributed by atoms with Crippen molar-refractivity contribution in [3.05, 3.63) is 35.4 Å². The maximum absolute atomic E-state index is 10.6. The number of pyridine rings is 1. The third kappa shape index (κ3) is 4.24. The first-order valence-electron chi connectivity index (χ1n) is 8.94. The highest BCUT2D eigenvalue weighted by atomic mass is 35.5. The maximum Gasteiger partial charge on any atom is 0.304 e. The minimum atomic E-state index is -0.826. The molecule has 1 fully saturated rings. The fourth-order valence-corrected chi connectivity index (χ4v) is 4.12. The zero-order valence-electron chi connectivity index (χ0n) is 15.0. The number of fused-ring (bicyclic) bond motifs is 1. The Kier molecular flexibility index (Phi) is 5.70. The number of hydrogen-bond acceptors (Lipinski definition) is 6. The molecule has 4 rings (SSSR count). The Morgan fingerprint density at radius 1 is 1.25 bits per heavy atom. The van der Waals surface area contributed by atoms with Crippen LogP contribution in [-0.4, -0.2) is 58.1 Å². The zero-order chi connectivity index (χ0) is 19.5. The van der Waals surface area contributed by atoms with Gasteiger partial charge >= 0.3 is 5.97 Å². The van der Waals surface area contributed by atoms with Crippen LogP contribution in [0.25, 0.3) is 22.4 Å². The van der Waals surface area contributed by atoms with E-state index in [-0.39, 0.29) is 6.42 Å². The Hall–Kier alpha value is -2.29. The number of H-pyrrole nitrogens is 1. The molecule has 0 bridgehead atoms. The first kappa shape index (κ1) is 19.0. The molecule has 3 heterocycles. The lowest BCUT2D eigenvalue weighted by atomic mass is 10.1. The number of morpholine rings is 1. The summed E-state index contributed by atoms with van der Waals surface area (Å²) in [5, 5.41) is 9.93. The van der Waals surface area contributed by atoms with E-state index >= 15 is 0 Å². The third-order valence-corrected chi connectivity index (χ3v) is 5.64. The number of benzene rings is 1. The number of aromatic amines is 1. The van der Waals surface area contributed by atoms with Crippen LogP contribution in [0.1, 0.15) is 6.42 Å². The lowest BCUT2D eigenvalue weighted by molar-refractivity contribution is -0.136. The summed E-state index contributed by atoms with van der Waals surface area (Å²) in [4.78, 5) is 25.1. The molecule has 0 aliphatic carbocycles. The van der Waals surface area contributed by atoms with Gasteiger partial charge in [0.05, 0.1) is 35.9 Å². The van der Waals surface area contributed by atoms with Crippen molar-refractivity contribution in [3.8, 4) is 11.3 Å². The molecule has 9 heteroatoms. The molecule has 1 aliphatic heterocycles. The van der Waals surface area contributed by atoms with Gasteiger partial charge in [-0.25, -0.2) is 9.97 Å². The average Bonchev–Trinajstić information content (AvgIpc) is 3.09. The number of aromatic nitrogens is 3. The molecule has 0 amide bonds. The van der Waals surface area contributed by atoms with E-state index in [4.69, 9.17) is 21.4 Å². The van der Waals surface area contributed by atoms with Crippen LogP contribution >= 0.6 is 23.4 Å². The highest BCUT2D eigenvalue weighted by Gasteiger charge is 2.14. The molecule has 1 saturated heterocycles. The molecule has 0 atom stereocenters. The van der Waals surface area contributed by atoms with E-state index in [1.165, 1.54) is 11.8 Å². The van der Waals surface area contributed by atoms with Crippen LogP contribution in [0.4, 0.5) is 5.69 Å². The smallest absolute Gasteiger partial charge is 0.304 e. The number of nitrogens with zero attached hydrogens (tertiary/aromatic N) is 3. The Balaban J connectivity index is 1.55. The van der Waals surface area contributed by atoms with Gasteiger partial charge in [-0.05, 0) is 18.2 Å². The van der Waals surface area contributed by atoms with Gasteiger partial charge in [0.25, 0.3) is 0 Å². The molecule has 28 heavy (non-hydrogen) atoms. The number of thioether (sulfide) groups is 1. The Morgan fingerprint density at radius 2 is 2.00 bits per heavy atom. The van der Waals surface area contributed by atoms with Crippen molar-refractivity contribution >= 4 is 46.2 Å². The molecule has 0 radical (unpaired) electrons. The summed E-state index contributed by atoms with van der Waals surface area (Å²) < 4.78 is 5.40. The van der Waals surface area contributed by atoms with Crippen molar-refractivity contribution in [2.24, 2.45) is 0 Å². The van der Waals surface area contributed by atoms with Crippen LogP contribution in [0, 0.1) is 0 Å². The molecule has 1 aromatic carbocycles. The lowest BCUT2D eigenvalue weighted by Gasteiger charge is -2.28. The van der Waals surface area contributed by atoms with Gasteiger partial charge in [0, 0.05) is 30.1 Å². The van der Waals surface area contributed by atoms with E-state index in [1.807, 2.05) is 18.2 Å². The van der Waals surface area contributed by atoms with Gasteiger partial charge in [-0.3, -0.25) is 4.79 Å². The highest BCUT2D eigenvalue weighted by molar-refractivity contribution is 7.99. The van der Waals surface area contributed by atoms with Crippen molar-refractivity contribution in [1.82, 2.24) is 15.0 Å². The van der Waals surface area contributed by atoms with E-state index in [2.05, 4.69) is 32.0 Å². The van der Waals surface area contributed by atoms with E-state index < -0.39 is 5.97 Å². The predicted molar refractivity (Wildman–Crippen MR) is 110 cm³/mol. The zero-order valence-corrected chi connectivity index (χ0v) is 16.6. The first-order chi connectivity index (χ1) is 13.6. The summed E-state index contributed by atoms with van der Waals surface area (Å²) in [6.07, 6.45) is 0.0800. The number of nitrogens with one attached hydrogen (secondary N) is 1. The summed E-state index contributed by atoms with van der Waals surface area (Å²) in [5.41, 5.74) is 4.05. The second kappa shape index (κ2) is 8.38. The standard InChI is InChI=1S/C19H19ClN4O3S/c20-14-11-15-18(23-19(21-15)28-10-5-16(25)26)22-17(14)12-1-3-13(4-2-12)24-6-8-27-9-7-24/h1-4,11H,5-10H2,(H,25,26)(H,21,22,23). The molecule has 2 aromatic heterocycles. The molecule has 0 saturated carbocycles. The minimum absolute atomic E-state index is 0.0800. The Morgan fingerprint density at radius 3 is 2.71 bits per heavy atom. The van der Waals surface area contributed by atoms with Crippen molar-refractivity contribution in [2.45, 2.75) is 11.6 Å². The van der Waals surface area contributed by atoms with Gasteiger partial charge in [0.2, 0.25) is 0 Å². The molecule has 2 N–H and O–H groups in total. The number of hydrogen-bond donors (Lipinski definition) is 2. The van der Waals surface area contributed by atoms with Crippen LogP contribution in [0.3, 0.4) is 0 Å². The van der Waals surface area contributed by atoms with E-state index in [0.717, 1.165) is 43.1 Å². The van der Waals surface area contributed by atoms with E-state index in [0.29, 0.717) is 27.3 Å². The van der Waals surface area contributed by atoms with Crippen molar-refractivity contribution in [1.29, 1.82) is 0 Å². The van der Waals surface area contributed by atoms with Crippen molar-refractivity contribution in [2.75, 3.05) is 37.0 Å². The Labute approximate surface area is 171 Å². The minimum Gasteiger partial charge on any atom is -0.481 e. The SMILES string of the molecule is O=C(O)CCSc1nc2nc(-c3ccc(N4CCOCC4)cc3)c(Cl)cc2[nH]1. The highest BCUT2D eigenvalue weighted by Crippen LogP contribution is 2.31. The molecule has 1 aliphatic rings.